The highest BCUT2D eigenvalue weighted by molar-refractivity contribution is 7.92. The second-order valence-electron chi connectivity index (χ2n) is 4.25. The minimum atomic E-state index is -3.78. The quantitative estimate of drug-likeness (QED) is 0.843. The smallest absolute Gasteiger partial charge is 0.262 e. The molecule has 7 heteroatoms. The molecule has 0 bridgehead atoms. The van der Waals surface area contributed by atoms with Crippen LogP contribution in [0, 0.1) is 6.92 Å². The molecule has 2 aromatic carbocycles. The van der Waals surface area contributed by atoms with Crippen molar-refractivity contribution in [3.63, 3.8) is 0 Å². The van der Waals surface area contributed by atoms with E-state index < -0.39 is 10.0 Å². The summed E-state index contributed by atoms with van der Waals surface area (Å²) in [6, 6.07) is 9.23. The Morgan fingerprint density at radius 3 is 2.50 bits per heavy atom. The Balaban J connectivity index is 2.46. The number of halogens is 2. The zero-order valence-electron chi connectivity index (χ0n) is 10.5. The van der Waals surface area contributed by atoms with Gasteiger partial charge in [-0.1, -0.05) is 29.3 Å². The normalized spacial score (nSPS) is 11.3. The first kappa shape index (κ1) is 15.0. The van der Waals surface area contributed by atoms with Crippen molar-refractivity contribution < 1.29 is 8.42 Å². The van der Waals surface area contributed by atoms with Crippen molar-refractivity contribution in [1.29, 1.82) is 0 Å². The summed E-state index contributed by atoms with van der Waals surface area (Å²) >= 11 is 11.8. The SMILES string of the molecule is Cc1ccc(N)cc1S(=O)(=O)Nc1cc(Cl)ccc1Cl. The Morgan fingerprint density at radius 2 is 1.80 bits per heavy atom. The van der Waals surface area contributed by atoms with Crippen LogP contribution >= 0.6 is 23.2 Å². The molecule has 0 amide bonds. The molecule has 0 unspecified atom stereocenters. The molecule has 0 fully saturated rings. The van der Waals surface area contributed by atoms with E-state index in [9.17, 15) is 8.42 Å². The van der Waals surface area contributed by atoms with Gasteiger partial charge in [-0.05, 0) is 42.8 Å². The van der Waals surface area contributed by atoms with Gasteiger partial charge in [0.25, 0.3) is 10.0 Å². The van der Waals surface area contributed by atoms with Crippen molar-refractivity contribution in [2.45, 2.75) is 11.8 Å². The molecule has 0 radical (unpaired) electrons. The monoisotopic (exact) mass is 330 g/mol. The van der Waals surface area contributed by atoms with E-state index in [1.807, 2.05) is 0 Å². The van der Waals surface area contributed by atoms with Gasteiger partial charge in [0.2, 0.25) is 0 Å². The summed E-state index contributed by atoms with van der Waals surface area (Å²) in [4.78, 5) is 0.105. The predicted octanol–water partition coefficient (Wildman–Crippen LogP) is 3.68. The van der Waals surface area contributed by atoms with E-state index in [-0.39, 0.29) is 15.6 Å². The number of hydrogen-bond acceptors (Lipinski definition) is 3. The first-order valence-electron chi connectivity index (χ1n) is 5.63. The molecule has 106 valence electrons. The molecule has 2 aromatic rings. The highest BCUT2D eigenvalue weighted by Crippen LogP contribution is 2.28. The first-order chi connectivity index (χ1) is 9.29. The highest BCUT2D eigenvalue weighted by Gasteiger charge is 2.18. The highest BCUT2D eigenvalue weighted by atomic mass is 35.5. The Labute approximate surface area is 127 Å². The van der Waals surface area contributed by atoms with Gasteiger partial charge in [-0.15, -0.1) is 0 Å². The molecule has 0 aliphatic heterocycles. The Kier molecular flexibility index (Phi) is 4.13. The molecule has 20 heavy (non-hydrogen) atoms. The topological polar surface area (TPSA) is 72.2 Å². The van der Waals surface area contributed by atoms with Gasteiger partial charge in [-0.3, -0.25) is 4.72 Å². The second kappa shape index (κ2) is 5.52. The summed E-state index contributed by atoms with van der Waals surface area (Å²) in [5, 5.41) is 0.649. The van der Waals surface area contributed by atoms with E-state index in [4.69, 9.17) is 28.9 Å². The van der Waals surface area contributed by atoms with Crippen LogP contribution in [-0.4, -0.2) is 8.42 Å². The summed E-state index contributed by atoms with van der Waals surface area (Å²) in [5.74, 6) is 0. The fraction of sp³-hybridized carbons (Fsp3) is 0.0769. The standard InChI is InChI=1S/C13H12Cl2N2O2S/c1-8-2-4-10(16)7-13(8)20(18,19)17-12-6-9(14)3-5-11(12)15/h2-7,17H,16H2,1H3. The molecule has 0 saturated heterocycles. The molecule has 3 N–H and O–H groups in total. The van der Waals surface area contributed by atoms with Crippen LogP contribution in [0.1, 0.15) is 5.56 Å². The van der Waals surface area contributed by atoms with Gasteiger partial charge in [0, 0.05) is 10.7 Å². The molecule has 2 rings (SSSR count). The van der Waals surface area contributed by atoms with E-state index in [0.717, 1.165) is 0 Å². The van der Waals surface area contributed by atoms with Crippen LogP contribution < -0.4 is 10.5 Å². The van der Waals surface area contributed by atoms with Crippen LogP contribution in [0.4, 0.5) is 11.4 Å². The maximum atomic E-state index is 12.4. The average molecular weight is 331 g/mol. The fourth-order valence-corrected chi connectivity index (χ4v) is 3.43. The van der Waals surface area contributed by atoms with Crippen molar-refractivity contribution in [3.8, 4) is 0 Å². The Morgan fingerprint density at radius 1 is 1.10 bits per heavy atom. The van der Waals surface area contributed by atoms with Crippen molar-refractivity contribution >= 4 is 44.6 Å². The average Bonchev–Trinajstić information content (AvgIpc) is 2.36. The van der Waals surface area contributed by atoms with Crippen LogP contribution in [0.25, 0.3) is 0 Å². The first-order valence-corrected chi connectivity index (χ1v) is 7.87. The molecule has 0 aliphatic rings. The minimum absolute atomic E-state index is 0.105. The number of rotatable bonds is 3. The lowest BCUT2D eigenvalue weighted by Gasteiger charge is -2.12. The van der Waals surface area contributed by atoms with Gasteiger partial charge < -0.3 is 5.73 Å². The molecule has 0 aromatic heterocycles. The van der Waals surface area contributed by atoms with E-state index >= 15 is 0 Å². The molecule has 0 saturated carbocycles. The second-order valence-corrected chi connectivity index (χ2v) is 6.75. The van der Waals surface area contributed by atoms with Gasteiger partial charge in [0.1, 0.15) is 0 Å². The maximum Gasteiger partial charge on any atom is 0.262 e. The van der Waals surface area contributed by atoms with Crippen LogP contribution in [-0.2, 0) is 10.0 Å². The van der Waals surface area contributed by atoms with Crippen molar-refractivity contribution in [2.24, 2.45) is 0 Å². The maximum absolute atomic E-state index is 12.4. The van der Waals surface area contributed by atoms with Gasteiger partial charge in [-0.25, -0.2) is 8.42 Å². The van der Waals surface area contributed by atoms with Crippen molar-refractivity contribution in [2.75, 3.05) is 10.5 Å². The lowest BCUT2D eigenvalue weighted by molar-refractivity contribution is 0.600. The minimum Gasteiger partial charge on any atom is -0.399 e. The number of nitrogens with one attached hydrogen (secondary N) is 1. The lowest BCUT2D eigenvalue weighted by atomic mass is 10.2. The number of benzene rings is 2. The predicted molar refractivity (Wildman–Crippen MR) is 82.9 cm³/mol. The molecule has 0 aliphatic carbocycles. The number of sulfonamides is 1. The van der Waals surface area contributed by atoms with E-state index in [1.165, 1.54) is 18.2 Å². The molecule has 4 nitrogen and oxygen atoms in total. The third-order valence-corrected chi connectivity index (χ3v) is 4.75. The number of nitrogens with two attached hydrogens (primary N) is 1. The van der Waals surface area contributed by atoms with Crippen LogP contribution in [0.3, 0.4) is 0 Å². The summed E-state index contributed by atoms with van der Waals surface area (Å²) < 4.78 is 27.2. The molecule has 0 atom stereocenters. The summed E-state index contributed by atoms with van der Waals surface area (Å²) in [5.41, 5.74) is 6.81. The lowest BCUT2D eigenvalue weighted by Crippen LogP contribution is -2.15. The van der Waals surface area contributed by atoms with Crippen LogP contribution in [0.5, 0.6) is 0 Å². The largest absolute Gasteiger partial charge is 0.399 e. The van der Waals surface area contributed by atoms with Crippen molar-refractivity contribution in [1.82, 2.24) is 0 Å². The van der Waals surface area contributed by atoms with E-state index in [0.29, 0.717) is 16.3 Å². The Bertz CT molecular complexity index is 761. The third-order valence-electron chi connectivity index (χ3n) is 2.67. The van der Waals surface area contributed by atoms with Crippen LogP contribution in [0.15, 0.2) is 41.3 Å². The van der Waals surface area contributed by atoms with E-state index in [1.54, 1.807) is 25.1 Å². The fourth-order valence-electron chi connectivity index (χ4n) is 1.68. The summed E-state index contributed by atoms with van der Waals surface area (Å²) in [6.07, 6.45) is 0. The van der Waals surface area contributed by atoms with Gasteiger partial charge >= 0.3 is 0 Å². The number of aryl methyl sites for hydroxylation is 1. The molecular weight excluding hydrogens is 319 g/mol. The number of hydrogen-bond donors (Lipinski definition) is 2. The molecular formula is C13H12Cl2N2O2S. The summed E-state index contributed by atoms with van der Waals surface area (Å²) in [6.45, 7) is 1.69. The van der Waals surface area contributed by atoms with Crippen molar-refractivity contribution in [3.05, 3.63) is 52.0 Å². The Hall–Kier alpha value is -1.43. The summed E-state index contributed by atoms with van der Waals surface area (Å²) in [7, 11) is -3.78. The van der Waals surface area contributed by atoms with Gasteiger partial charge in [-0.2, -0.15) is 0 Å². The third kappa shape index (κ3) is 3.17. The number of anilines is 2. The molecule has 0 spiro atoms. The zero-order valence-corrected chi connectivity index (χ0v) is 12.9. The van der Waals surface area contributed by atoms with Gasteiger partial charge in [0.05, 0.1) is 15.6 Å². The molecule has 0 heterocycles. The van der Waals surface area contributed by atoms with Gasteiger partial charge in [0.15, 0.2) is 0 Å². The van der Waals surface area contributed by atoms with Crippen LogP contribution in [0.2, 0.25) is 10.0 Å². The number of nitrogen functional groups attached to an aromatic ring is 1. The van der Waals surface area contributed by atoms with E-state index in [2.05, 4.69) is 4.72 Å². The zero-order chi connectivity index (χ0) is 14.9.